The lowest BCUT2D eigenvalue weighted by atomic mass is 9.66. The van der Waals surface area contributed by atoms with Crippen LogP contribution >= 0.6 is 0 Å². The Bertz CT molecular complexity index is 567. The van der Waals surface area contributed by atoms with Crippen LogP contribution in [0.5, 0.6) is 0 Å². The van der Waals surface area contributed by atoms with Gasteiger partial charge in [-0.15, -0.1) is 0 Å². The predicted octanol–water partition coefficient (Wildman–Crippen LogP) is 3.05. The van der Waals surface area contributed by atoms with E-state index in [0.29, 0.717) is 12.3 Å². The van der Waals surface area contributed by atoms with Gasteiger partial charge in [-0.2, -0.15) is 0 Å². The zero-order chi connectivity index (χ0) is 17.7. The fourth-order valence-electron chi connectivity index (χ4n) is 4.12. The van der Waals surface area contributed by atoms with Crippen LogP contribution in [0.25, 0.3) is 0 Å². The molecule has 2 heterocycles. The van der Waals surface area contributed by atoms with Crippen LogP contribution in [0.1, 0.15) is 31.7 Å². The Kier molecular flexibility index (Phi) is 6.07. The van der Waals surface area contributed by atoms with Gasteiger partial charge in [0, 0.05) is 32.2 Å². The molecule has 1 amide bonds. The van der Waals surface area contributed by atoms with Gasteiger partial charge in [0.25, 0.3) is 0 Å². The molecule has 1 spiro atoms. The summed E-state index contributed by atoms with van der Waals surface area (Å²) in [6.45, 7) is 6.67. The summed E-state index contributed by atoms with van der Waals surface area (Å²) in [5.41, 5.74) is 1.12. The quantitative estimate of drug-likeness (QED) is 0.820. The monoisotopic (exact) mass is 349 g/mol. The van der Waals surface area contributed by atoms with E-state index in [1.165, 1.54) is 12.1 Å². The Hall–Kier alpha value is -1.46. The second kappa shape index (κ2) is 8.28. The van der Waals surface area contributed by atoms with E-state index in [1.54, 1.807) is 12.1 Å². The number of piperidine rings is 1. The van der Waals surface area contributed by atoms with Crippen molar-refractivity contribution in [3.05, 3.63) is 35.6 Å². The van der Waals surface area contributed by atoms with Crippen molar-refractivity contribution in [2.45, 2.75) is 32.6 Å². The lowest BCUT2D eigenvalue weighted by Gasteiger charge is -2.49. The number of benzene rings is 1. The second-order valence-electron chi connectivity index (χ2n) is 7.23. The highest BCUT2D eigenvalue weighted by Gasteiger charge is 2.44. The van der Waals surface area contributed by atoms with Crippen LogP contribution in [0.2, 0.25) is 0 Å². The van der Waals surface area contributed by atoms with Crippen molar-refractivity contribution in [3.8, 4) is 0 Å². The van der Waals surface area contributed by atoms with E-state index in [0.717, 1.165) is 64.3 Å². The number of ether oxygens (including phenoxy) is 2. The van der Waals surface area contributed by atoms with Gasteiger partial charge in [-0.05, 0) is 49.3 Å². The first-order valence-corrected chi connectivity index (χ1v) is 9.31. The van der Waals surface area contributed by atoms with E-state index in [1.807, 2.05) is 11.8 Å². The first-order valence-electron chi connectivity index (χ1n) is 9.31. The topological polar surface area (TPSA) is 38.8 Å². The smallest absolute Gasteiger partial charge is 0.226 e. The van der Waals surface area contributed by atoms with Crippen molar-refractivity contribution in [2.24, 2.45) is 11.3 Å². The summed E-state index contributed by atoms with van der Waals surface area (Å²) in [6.07, 6.45) is 3.44. The molecule has 0 saturated carbocycles. The molecule has 4 nitrogen and oxygen atoms in total. The van der Waals surface area contributed by atoms with E-state index in [9.17, 15) is 9.18 Å². The number of carbonyl (C=O) groups excluding carboxylic acids is 1. The molecule has 0 aliphatic carbocycles. The highest BCUT2D eigenvalue weighted by atomic mass is 19.1. The Labute approximate surface area is 149 Å². The van der Waals surface area contributed by atoms with Crippen molar-refractivity contribution in [2.75, 3.05) is 39.5 Å². The molecule has 5 heteroatoms. The molecule has 138 valence electrons. The zero-order valence-corrected chi connectivity index (χ0v) is 15.0. The third-order valence-corrected chi connectivity index (χ3v) is 5.83. The summed E-state index contributed by atoms with van der Waals surface area (Å²) in [6, 6.07) is 6.20. The molecule has 2 aliphatic rings. The largest absolute Gasteiger partial charge is 0.381 e. The van der Waals surface area contributed by atoms with E-state index in [-0.39, 0.29) is 17.1 Å². The van der Waals surface area contributed by atoms with Crippen LogP contribution in [-0.4, -0.2) is 50.3 Å². The first kappa shape index (κ1) is 18.3. The number of hydrogen-bond acceptors (Lipinski definition) is 3. The van der Waals surface area contributed by atoms with Gasteiger partial charge in [0.2, 0.25) is 5.91 Å². The molecular weight excluding hydrogens is 321 g/mol. The molecule has 2 fully saturated rings. The minimum atomic E-state index is -0.268. The minimum absolute atomic E-state index is 0.134. The molecule has 0 aromatic heterocycles. The van der Waals surface area contributed by atoms with E-state index < -0.39 is 0 Å². The van der Waals surface area contributed by atoms with Crippen molar-refractivity contribution in [1.29, 1.82) is 0 Å². The SMILES string of the molecule is CCOC[C@H]1COCCC12CCN(C(=O)Cc1ccc(F)cc1)CC2. The molecule has 1 aromatic rings. The number of halogens is 1. The summed E-state index contributed by atoms with van der Waals surface area (Å²) in [5.74, 6) is 0.293. The lowest BCUT2D eigenvalue weighted by Crippen LogP contribution is -2.50. The van der Waals surface area contributed by atoms with Gasteiger partial charge in [0.05, 0.1) is 19.6 Å². The maximum absolute atomic E-state index is 13.0. The van der Waals surface area contributed by atoms with Gasteiger partial charge < -0.3 is 14.4 Å². The molecule has 0 bridgehead atoms. The van der Waals surface area contributed by atoms with Gasteiger partial charge >= 0.3 is 0 Å². The number of likely N-dealkylation sites (tertiary alicyclic amines) is 1. The van der Waals surface area contributed by atoms with Crippen molar-refractivity contribution >= 4 is 5.91 Å². The summed E-state index contributed by atoms with van der Waals surface area (Å²) in [5, 5.41) is 0. The average molecular weight is 349 g/mol. The van der Waals surface area contributed by atoms with Gasteiger partial charge in [-0.25, -0.2) is 4.39 Å². The molecular formula is C20H28FNO3. The van der Waals surface area contributed by atoms with Crippen LogP contribution in [0.4, 0.5) is 4.39 Å². The molecule has 2 saturated heterocycles. The molecule has 0 radical (unpaired) electrons. The van der Waals surface area contributed by atoms with Crippen LogP contribution in [-0.2, 0) is 20.7 Å². The lowest BCUT2D eigenvalue weighted by molar-refractivity contribution is -0.138. The van der Waals surface area contributed by atoms with Crippen molar-refractivity contribution < 1.29 is 18.7 Å². The molecule has 2 aliphatic heterocycles. The summed E-state index contributed by atoms with van der Waals surface area (Å²) >= 11 is 0. The molecule has 1 aromatic carbocycles. The van der Waals surface area contributed by atoms with Crippen LogP contribution in [0.3, 0.4) is 0 Å². The standard InChI is InChI=1S/C20H28FNO3/c1-2-24-14-17-15-25-12-9-20(17)7-10-22(11-8-20)19(23)13-16-3-5-18(21)6-4-16/h3-6,17H,2,7-15H2,1H3/t17-/m0/s1. The first-order chi connectivity index (χ1) is 12.1. The minimum Gasteiger partial charge on any atom is -0.381 e. The third-order valence-electron chi connectivity index (χ3n) is 5.83. The Morgan fingerprint density at radius 2 is 2.00 bits per heavy atom. The fourth-order valence-corrected chi connectivity index (χ4v) is 4.12. The van der Waals surface area contributed by atoms with Gasteiger partial charge in [-0.3, -0.25) is 4.79 Å². The van der Waals surface area contributed by atoms with E-state index >= 15 is 0 Å². The number of amides is 1. The molecule has 1 atom stereocenters. The molecule has 25 heavy (non-hydrogen) atoms. The van der Waals surface area contributed by atoms with Gasteiger partial charge in [0.15, 0.2) is 0 Å². The maximum atomic E-state index is 13.0. The Balaban J connectivity index is 1.56. The van der Waals surface area contributed by atoms with E-state index in [2.05, 4.69) is 0 Å². The summed E-state index contributed by atoms with van der Waals surface area (Å²) in [7, 11) is 0. The molecule has 0 unspecified atom stereocenters. The summed E-state index contributed by atoms with van der Waals surface area (Å²) < 4.78 is 24.3. The predicted molar refractivity (Wildman–Crippen MR) is 93.8 cm³/mol. The van der Waals surface area contributed by atoms with Crippen LogP contribution in [0, 0.1) is 17.2 Å². The normalized spacial score (nSPS) is 23.0. The molecule has 3 rings (SSSR count). The third kappa shape index (κ3) is 4.39. The fraction of sp³-hybridized carbons (Fsp3) is 0.650. The average Bonchev–Trinajstić information content (AvgIpc) is 2.63. The number of carbonyl (C=O) groups is 1. The van der Waals surface area contributed by atoms with Crippen LogP contribution < -0.4 is 0 Å². The highest BCUT2D eigenvalue weighted by Crippen LogP contribution is 2.44. The van der Waals surface area contributed by atoms with Gasteiger partial charge in [0.1, 0.15) is 5.82 Å². The number of rotatable bonds is 5. The van der Waals surface area contributed by atoms with E-state index in [4.69, 9.17) is 9.47 Å². The van der Waals surface area contributed by atoms with Crippen molar-refractivity contribution in [1.82, 2.24) is 4.90 Å². The molecule has 0 N–H and O–H groups in total. The van der Waals surface area contributed by atoms with Gasteiger partial charge in [-0.1, -0.05) is 12.1 Å². The summed E-state index contributed by atoms with van der Waals surface area (Å²) in [4.78, 5) is 14.5. The Morgan fingerprint density at radius 3 is 2.68 bits per heavy atom. The maximum Gasteiger partial charge on any atom is 0.226 e. The Morgan fingerprint density at radius 1 is 1.28 bits per heavy atom. The van der Waals surface area contributed by atoms with Crippen molar-refractivity contribution in [3.63, 3.8) is 0 Å². The number of nitrogens with zero attached hydrogens (tertiary/aromatic N) is 1. The highest BCUT2D eigenvalue weighted by molar-refractivity contribution is 5.78. The second-order valence-corrected chi connectivity index (χ2v) is 7.23. The zero-order valence-electron chi connectivity index (χ0n) is 15.0. The number of hydrogen-bond donors (Lipinski definition) is 0. The van der Waals surface area contributed by atoms with Crippen LogP contribution in [0.15, 0.2) is 24.3 Å².